The topological polar surface area (TPSA) is 75.7 Å². The van der Waals surface area contributed by atoms with Gasteiger partial charge in [0.05, 0.1) is 35.2 Å². The van der Waals surface area contributed by atoms with Crippen molar-refractivity contribution in [3.05, 3.63) is 112 Å². The van der Waals surface area contributed by atoms with Gasteiger partial charge in [-0.25, -0.2) is 14.1 Å². The molecule has 6 nitrogen and oxygen atoms in total. The maximum atomic E-state index is 13.9. The van der Waals surface area contributed by atoms with E-state index in [0.717, 1.165) is 21.7 Å². The Morgan fingerprint density at radius 1 is 0.811 bits per heavy atom. The number of imide groups is 1. The van der Waals surface area contributed by atoms with E-state index in [2.05, 4.69) is 5.32 Å². The molecule has 37 heavy (non-hydrogen) atoms. The van der Waals surface area contributed by atoms with E-state index in [1.54, 1.807) is 42.5 Å². The first-order chi connectivity index (χ1) is 17.8. The molecule has 0 atom stereocenters. The van der Waals surface area contributed by atoms with Crippen LogP contribution in [0.2, 0.25) is 0 Å². The average Bonchev–Trinajstić information content (AvgIpc) is 3.17. The number of amides is 2. The van der Waals surface area contributed by atoms with Gasteiger partial charge in [0.25, 0.3) is 11.8 Å². The van der Waals surface area contributed by atoms with E-state index in [-0.39, 0.29) is 16.7 Å². The van der Waals surface area contributed by atoms with Gasteiger partial charge in [-0.2, -0.15) is 0 Å². The fourth-order valence-corrected chi connectivity index (χ4v) is 4.64. The molecule has 0 radical (unpaired) electrons. The lowest BCUT2D eigenvalue weighted by Crippen LogP contribution is -2.29. The lowest BCUT2D eigenvalue weighted by Gasteiger charge is -2.20. The summed E-state index contributed by atoms with van der Waals surface area (Å²) < 4.78 is 18.8. The first-order valence-corrected chi connectivity index (χ1v) is 11.6. The van der Waals surface area contributed by atoms with Gasteiger partial charge in [0.1, 0.15) is 5.82 Å². The van der Waals surface area contributed by atoms with E-state index in [1.165, 1.54) is 25.3 Å². The van der Waals surface area contributed by atoms with Crippen LogP contribution in [0, 0.1) is 19.7 Å². The number of esters is 1. The average molecular weight is 495 g/mol. The summed E-state index contributed by atoms with van der Waals surface area (Å²) in [6, 6.07) is 21.5. The molecule has 1 aliphatic heterocycles. The van der Waals surface area contributed by atoms with E-state index in [1.807, 2.05) is 32.0 Å². The number of ether oxygens (including phenoxy) is 1. The number of anilines is 3. The van der Waals surface area contributed by atoms with Gasteiger partial charge in [-0.15, -0.1) is 0 Å². The minimum Gasteiger partial charge on any atom is -0.465 e. The van der Waals surface area contributed by atoms with Crippen LogP contribution >= 0.6 is 0 Å². The fraction of sp³-hybridized carbons (Fsp3) is 0.100. The van der Waals surface area contributed by atoms with E-state index < -0.39 is 23.6 Å². The van der Waals surface area contributed by atoms with Crippen LogP contribution < -0.4 is 10.2 Å². The van der Waals surface area contributed by atoms with E-state index >= 15 is 0 Å². The molecule has 0 unspecified atom stereocenters. The molecule has 0 saturated heterocycles. The highest BCUT2D eigenvalue weighted by molar-refractivity contribution is 6.38. The van der Waals surface area contributed by atoms with E-state index in [9.17, 15) is 18.8 Å². The Morgan fingerprint density at radius 2 is 1.43 bits per heavy atom. The third-order valence-corrected chi connectivity index (χ3v) is 6.47. The van der Waals surface area contributed by atoms with Crippen molar-refractivity contribution in [1.82, 2.24) is 0 Å². The molecule has 0 bridgehead atoms. The SMILES string of the molecule is COC(=O)c1cc(-c2ccc(F)cc2)c(Nc2c(C)cccc2C)c2c1C(=O)N(c1ccccc1)C2=O. The van der Waals surface area contributed by atoms with E-state index in [4.69, 9.17) is 4.74 Å². The zero-order valence-electron chi connectivity index (χ0n) is 20.5. The second-order valence-corrected chi connectivity index (χ2v) is 8.77. The molecule has 4 aromatic rings. The third-order valence-electron chi connectivity index (χ3n) is 6.47. The predicted molar refractivity (Wildman–Crippen MR) is 140 cm³/mol. The molecule has 1 N–H and O–H groups in total. The van der Waals surface area contributed by atoms with Crippen LogP contribution in [0.25, 0.3) is 11.1 Å². The van der Waals surface area contributed by atoms with Gasteiger partial charge in [-0.3, -0.25) is 9.59 Å². The van der Waals surface area contributed by atoms with E-state index in [0.29, 0.717) is 22.5 Å². The molecule has 0 saturated carbocycles. The molecular weight excluding hydrogens is 471 g/mol. The highest BCUT2D eigenvalue weighted by atomic mass is 19.1. The number of carbonyl (C=O) groups excluding carboxylic acids is 3. The summed E-state index contributed by atoms with van der Waals surface area (Å²) in [4.78, 5) is 41.6. The number of para-hydroxylation sites is 2. The molecule has 1 aliphatic rings. The zero-order chi connectivity index (χ0) is 26.3. The standard InChI is InChI=1S/C30H23FN2O4/c1-17-8-7-9-18(2)26(17)32-27-22(19-12-14-20(31)15-13-19)16-23(30(36)37-3)24-25(27)29(35)33(28(24)34)21-10-5-4-6-11-21/h4-16,32H,1-3H3. The number of nitrogens with one attached hydrogen (secondary N) is 1. The van der Waals surface area contributed by atoms with Crippen LogP contribution in [0.15, 0.2) is 78.9 Å². The molecule has 2 amide bonds. The van der Waals surface area contributed by atoms with Crippen molar-refractivity contribution < 1.29 is 23.5 Å². The summed E-state index contributed by atoms with van der Waals surface area (Å²) >= 11 is 0. The number of hydrogen-bond acceptors (Lipinski definition) is 5. The maximum absolute atomic E-state index is 13.9. The minimum absolute atomic E-state index is 0.0411. The van der Waals surface area contributed by atoms with Crippen molar-refractivity contribution in [2.24, 2.45) is 0 Å². The Kier molecular flexibility index (Phi) is 6.05. The number of rotatable bonds is 5. The molecule has 0 fully saturated rings. The van der Waals surface area contributed by atoms with Crippen LogP contribution in [0.4, 0.5) is 21.5 Å². The number of nitrogens with zero attached hydrogens (tertiary/aromatic N) is 1. The van der Waals surface area contributed by atoms with Gasteiger partial charge in [0.15, 0.2) is 0 Å². The Bertz CT molecular complexity index is 1540. The lowest BCUT2D eigenvalue weighted by atomic mass is 9.92. The molecule has 7 heteroatoms. The Balaban J connectivity index is 1.84. The summed E-state index contributed by atoms with van der Waals surface area (Å²) in [7, 11) is 1.21. The van der Waals surface area contributed by atoms with Crippen molar-refractivity contribution in [2.45, 2.75) is 13.8 Å². The molecule has 1 heterocycles. The number of benzene rings is 4. The van der Waals surface area contributed by atoms with Crippen molar-refractivity contribution in [3.8, 4) is 11.1 Å². The van der Waals surface area contributed by atoms with Gasteiger partial charge < -0.3 is 10.1 Å². The largest absolute Gasteiger partial charge is 0.465 e. The quantitative estimate of drug-likeness (QED) is 0.255. The Morgan fingerprint density at radius 3 is 2.05 bits per heavy atom. The van der Waals surface area contributed by atoms with Gasteiger partial charge in [-0.1, -0.05) is 48.5 Å². The Hall–Kier alpha value is -4.78. The normalized spacial score (nSPS) is 12.5. The molecule has 0 aromatic heterocycles. The Labute approximate surface area is 213 Å². The van der Waals surface area contributed by atoms with Crippen molar-refractivity contribution in [1.29, 1.82) is 0 Å². The van der Waals surface area contributed by atoms with Crippen LogP contribution in [-0.4, -0.2) is 24.9 Å². The fourth-order valence-electron chi connectivity index (χ4n) is 4.64. The van der Waals surface area contributed by atoms with Gasteiger partial charge in [0, 0.05) is 11.3 Å². The zero-order valence-corrected chi connectivity index (χ0v) is 20.5. The highest BCUT2D eigenvalue weighted by Crippen LogP contribution is 2.43. The minimum atomic E-state index is -0.755. The summed E-state index contributed by atoms with van der Waals surface area (Å²) in [6.45, 7) is 3.86. The second-order valence-electron chi connectivity index (χ2n) is 8.77. The highest BCUT2D eigenvalue weighted by Gasteiger charge is 2.43. The van der Waals surface area contributed by atoms with Gasteiger partial charge in [0.2, 0.25) is 0 Å². The monoisotopic (exact) mass is 494 g/mol. The first kappa shape index (κ1) is 23.9. The lowest BCUT2D eigenvalue weighted by molar-refractivity contribution is 0.0597. The van der Waals surface area contributed by atoms with Crippen molar-refractivity contribution >= 4 is 34.8 Å². The number of halogens is 1. The number of aryl methyl sites for hydroxylation is 2. The summed E-state index contributed by atoms with van der Waals surface area (Å²) in [5.41, 5.74) is 4.32. The molecule has 184 valence electrons. The van der Waals surface area contributed by atoms with Crippen LogP contribution in [-0.2, 0) is 4.74 Å². The molecule has 0 aliphatic carbocycles. The molecule has 5 rings (SSSR count). The molecular formula is C30H23FN2O4. The molecule has 0 spiro atoms. The first-order valence-electron chi connectivity index (χ1n) is 11.6. The number of hydrogen-bond donors (Lipinski definition) is 1. The number of methoxy groups -OCH3 is 1. The number of fused-ring (bicyclic) bond motifs is 1. The van der Waals surface area contributed by atoms with Crippen molar-refractivity contribution in [3.63, 3.8) is 0 Å². The second kappa shape index (κ2) is 9.35. The van der Waals surface area contributed by atoms with Crippen molar-refractivity contribution in [2.75, 3.05) is 17.3 Å². The predicted octanol–water partition coefficient (Wildman–Crippen LogP) is 6.44. The third kappa shape index (κ3) is 4.04. The summed E-state index contributed by atoms with van der Waals surface area (Å²) in [5, 5.41) is 3.38. The van der Waals surface area contributed by atoms with Gasteiger partial charge >= 0.3 is 5.97 Å². The summed E-state index contributed by atoms with van der Waals surface area (Å²) in [6.07, 6.45) is 0. The summed E-state index contributed by atoms with van der Waals surface area (Å²) in [5.74, 6) is -2.38. The van der Waals surface area contributed by atoms with Crippen LogP contribution in [0.1, 0.15) is 42.2 Å². The number of carbonyl (C=O) groups is 3. The van der Waals surface area contributed by atoms with Crippen LogP contribution in [0.3, 0.4) is 0 Å². The van der Waals surface area contributed by atoms with Gasteiger partial charge in [-0.05, 0) is 60.9 Å². The molecule has 4 aromatic carbocycles. The maximum Gasteiger partial charge on any atom is 0.338 e. The van der Waals surface area contributed by atoms with Crippen LogP contribution in [0.5, 0.6) is 0 Å². The smallest absolute Gasteiger partial charge is 0.338 e.